The largest absolute Gasteiger partial charge is 0.462 e. The van der Waals surface area contributed by atoms with E-state index in [1.807, 2.05) is 0 Å². The monoisotopic (exact) mass is 478 g/mol. The zero-order valence-electron chi connectivity index (χ0n) is 17.8. The van der Waals surface area contributed by atoms with Crippen LogP contribution in [0.2, 0.25) is 5.02 Å². The molecule has 0 saturated carbocycles. The van der Waals surface area contributed by atoms with Crippen LogP contribution in [-0.4, -0.2) is 43.7 Å². The first-order valence-corrected chi connectivity index (χ1v) is 10.8. The minimum atomic E-state index is -4.55. The van der Waals surface area contributed by atoms with E-state index in [0.717, 1.165) is 6.07 Å². The lowest BCUT2D eigenvalue weighted by atomic mass is 10.1. The maximum atomic E-state index is 14.0. The summed E-state index contributed by atoms with van der Waals surface area (Å²) in [5.41, 5.74) is 0.476. The summed E-state index contributed by atoms with van der Waals surface area (Å²) in [6.07, 6.45) is -3.21. The number of carbonyl (C=O) groups excluding carboxylic acids is 1. The molecule has 2 N–H and O–H groups in total. The van der Waals surface area contributed by atoms with Gasteiger partial charge in [0.1, 0.15) is 5.56 Å². The first kappa shape index (κ1) is 23.1. The molecular formula is C23H22ClF3N4O2. The van der Waals surface area contributed by atoms with Gasteiger partial charge in [0.25, 0.3) is 0 Å². The van der Waals surface area contributed by atoms with Crippen LogP contribution in [0.15, 0.2) is 42.6 Å². The summed E-state index contributed by atoms with van der Waals surface area (Å²) in [6, 6.07) is 9.01. The van der Waals surface area contributed by atoms with Crippen LogP contribution in [0.25, 0.3) is 10.9 Å². The third kappa shape index (κ3) is 4.99. The van der Waals surface area contributed by atoms with E-state index in [0.29, 0.717) is 42.1 Å². The molecule has 0 aliphatic carbocycles. The highest BCUT2D eigenvalue weighted by atomic mass is 35.5. The highest BCUT2D eigenvalue weighted by Crippen LogP contribution is 2.40. The van der Waals surface area contributed by atoms with E-state index in [4.69, 9.17) is 16.3 Å². The van der Waals surface area contributed by atoms with Gasteiger partial charge >= 0.3 is 12.1 Å². The molecule has 0 atom stereocenters. The van der Waals surface area contributed by atoms with Crippen molar-refractivity contribution in [2.24, 2.45) is 0 Å². The maximum Gasteiger partial charge on any atom is 0.418 e. The Morgan fingerprint density at radius 2 is 1.97 bits per heavy atom. The number of aromatic nitrogens is 1. The minimum Gasteiger partial charge on any atom is -0.462 e. The summed E-state index contributed by atoms with van der Waals surface area (Å²) in [4.78, 5) is 18.5. The van der Waals surface area contributed by atoms with E-state index >= 15 is 0 Å². The van der Waals surface area contributed by atoms with Crippen LogP contribution in [0, 0.1) is 0 Å². The molecule has 0 radical (unpaired) electrons. The van der Waals surface area contributed by atoms with Crippen LogP contribution < -0.4 is 15.5 Å². The number of hydrogen-bond acceptors (Lipinski definition) is 6. The predicted octanol–water partition coefficient (Wildman–Crippen LogP) is 5.24. The Bertz CT molecular complexity index is 1180. The molecule has 33 heavy (non-hydrogen) atoms. The van der Waals surface area contributed by atoms with Crippen molar-refractivity contribution in [2.45, 2.75) is 13.1 Å². The van der Waals surface area contributed by atoms with Gasteiger partial charge in [0.15, 0.2) is 0 Å². The lowest BCUT2D eigenvalue weighted by Crippen LogP contribution is -2.44. The molecule has 1 aromatic heterocycles. The van der Waals surface area contributed by atoms with E-state index in [1.165, 1.54) is 12.3 Å². The number of esters is 1. The molecule has 0 amide bonds. The van der Waals surface area contributed by atoms with E-state index in [9.17, 15) is 18.0 Å². The molecule has 4 rings (SSSR count). The molecule has 3 aromatic rings. The third-order valence-electron chi connectivity index (χ3n) is 5.35. The Morgan fingerprint density at radius 1 is 1.21 bits per heavy atom. The minimum absolute atomic E-state index is 0.103. The van der Waals surface area contributed by atoms with Crippen LogP contribution >= 0.6 is 11.6 Å². The Hall–Kier alpha value is -3.04. The number of pyridine rings is 1. The van der Waals surface area contributed by atoms with Crippen molar-refractivity contribution < 1.29 is 22.7 Å². The fourth-order valence-corrected chi connectivity index (χ4v) is 4.00. The Labute approximate surface area is 193 Å². The van der Waals surface area contributed by atoms with Gasteiger partial charge < -0.3 is 20.3 Å². The molecule has 1 fully saturated rings. The van der Waals surface area contributed by atoms with E-state index in [2.05, 4.69) is 15.6 Å². The van der Waals surface area contributed by atoms with Gasteiger partial charge in [-0.15, -0.1) is 0 Å². The molecule has 1 aliphatic rings. The van der Waals surface area contributed by atoms with Crippen molar-refractivity contribution >= 4 is 45.5 Å². The Kier molecular flexibility index (Phi) is 6.62. The molecule has 6 nitrogen and oxygen atoms in total. The summed E-state index contributed by atoms with van der Waals surface area (Å²) in [5.74, 6) is -0.636. The maximum absolute atomic E-state index is 14.0. The summed E-state index contributed by atoms with van der Waals surface area (Å²) >= 11 is 6.15. The van der Waals surface area contributed by atoms with Crippen molar-refractivity contribution in [1.82, 2.24) is 10.3 Å². The number of rotatable bonds is 5. The number of ether oxygens (including phenoxy) is 1. The average molecular weight is 479 g/mol. The van der Waals surface area contributed by atoms with E-state index in [1.54, 1.807) is 36.1 Å². The first-order valence-electron chi connectivity index (χ1n) is 10.5. The highest BCUT2D eigenvalue weighted by molar-refractivity contribution is 6.31. The second-order valence-corrected chi connectivity index (χ2v) is 7.96. The standard InChI is InChI=1S/C23H22ClF3N4O2/c1-2-33-22(32)17-13-29-19-5-3-14(24)11-16(19)21(17)30-15-4-6-20(18(12-15)23(25,26)27)31-9-7-28-8-10-31/h3-6,11-13,28H,2,7-10H2,1H3,(H,29,30). The lowest BCUT2D eigenvalue weighted by molar-refractivity contribution is -0.137. The molecule has 2 aromatic carbocycles. The predicted molar refractivity (Wildman–Crippen MR) is 123 cm³/mol. The van der Waals surface area contributed by atoms with Crippen LogP contribution in [0.1, 0.15) is 22.8 Å². The number of nitrogens with one attached hydrogen (secondary N) is 2. The molecule has 10 heteroatoms. The van der Waals surface area contributed by atoms with Gasteiger partial charge in [-0.25, -0.2) is 4.79 Å². The summed E-state index contributed by atoms with van der Waals surface area (Å²) in [7, 11) is 0. The summed E-state index contributed by atoms with van der Waals surface area (Å²) in [6.45, 7) is 4.00. The number of alkyl halides is 3. The van der Waals surface area contributed by atoms with Gasteiger partial charge in [-0.05, 0) is 43.3 Å². The number of halogens is 4. The SMILES string of the molecule is CCOC(=O)c1cnc2ccc(Cl)cc2c1Nc1ccc(N2CCNCC2)c(C(F)(F)F)c1. The smallest absolute Gasteiger partial charge is 0.418 e. The second kappa shape index (κ2) is 9.44. The fourth-order valence-electron chi connectivity index (χ4n) is 3.83. The molecule has 0 bridgehead atoms. The van der Waals surface area contributed by atoms with Crippen LogP contribution in [0.5, 0.6) is 0 Å². The number of nitrogens with zero attached hydrogens (tertiary/aromatic N) is 2. The van der Waals surface area contributed by atoms with Gasteiger partial charge in [0, 0.05) is 54.2 Å². The van der Waals surface area contributed by atoms with Crippen LogP contribution in [-0.2, 0) is 10.9 Å². The average Bonchev–Trinajstić information content (AvgIpc) is 2.79. The fraction of sp³-hybridized carbons (Fsp3) is 0.304. The van der Waals surface area contributed by atoms with Crippen LogP contribution in [0.4, 0.5) is 30.2 Å². The summed E-state index contributed by atoms with van der Waals surface area (Å²) in [5, 5.41) is 7.03. The number of benzene rings is 2. The molecule has 0 unspecified atom stereocenters. The van der Waals surface area contributed by atoms with Gasteiger partial charge in [0.2, 0.25) is 0 Å². The molecule has 1 aliphatic heterocycles. The zero-order chi connectivity index (χ0) is 23.6. The summed E-state index contributed by atoms with van der Waals surface area (Å²) < 4.78 is 47.0. The quantitative estimate of drug-likeness (QED) is 0.489. The van der Waals surface area contributed by atoms with Gasteiger partial charge in [-0.3, -0.25) is 4.98 Å². The van der Waals surface area contributed by atoms with Crippen LogP contribution in [0.3, 0.4) is 0 Å². The van der Waals surface area contributed by atoms with Gasteiger partial charge in [0.05, 0.1) is 23.4 Å². The zero-order valence-corrected chi connectivity index (χ0v) is 18.6. The topological polar surface area (TPSA) is 66.5 Å². The van der Waals surface area contributed by atoms with Gasteiger partial charge in [-0.2, -0.15) is 13.2 Å². The molecule has 2 heterocycles. The van der Waals surface area contributed by atoms with Crippen molar-refractivity contribution in [3.63, 3.8) is 0 Å². The van der Waals surface area contributed by atoms with Gasteiger partial charge in [-0.1, -0.05) is 11.6 Å². The number of hydrogen-bond donors (Lipinski definition) is 2. The number of anilines is 3. The Morgan fingerprint density at radius 3 is 2.67 bits per heavy atom. The lowest BCUT2D eigenvalue weighted by Gasteiger charge is -2.31. The van der Waals surface area contributed by atoms with E-state index < -0.39 is 17.7 Å². The number of piperazine rings is 1. The van der Waals surface area contributed by atoms with Crippen molar-refractivity contribution in [2.75, 3.05) is 43.0 Å². The molecule has 0 spiro atoms. The van der Waals surface area contributed by atoms with Crippen molar-refractivity contribution in [3.05, 3.63) is 58.7 Å². The molecular weight excluding hydrogens is 457 g/mol. The first-order chi connectivity index (χ1) is 15.8. The Balaban J connectivity index is 1.81. The molecule has 174 valence electrons. The third-order valence-corrected chi connectivity index (χ3v) is 5.59. The normalized spacial score (nSPS) is 14.4. The van der Waals surface area contributed by atoms with E-state index in [-0.39, 0.29) is 29.2 Å². The highest BCUT2D eigenvalue weighted by Gasteiger charge is 2.35. The number of fused-ring (bicyclic) bond motifs is 1. The molecule has 1 saturated heterocycles. The van der Waals surface area contributed by atoms with Crippen molar-refractivity contribution in [3.8, 4) is 0 Å². The second-order valence-electron chi connectivity index (χ2n) is 7.52. The number of carbonyl (C=O) groups is 1. The van der Waals surface area contributed by atoms with Crippen molar-refractivity contribution in [1.29, 1.82) is 0 Å².